The molecule has 0 aliphatic rings. The number of alkyl halides is 3. The van der Waals surface area contributed by atoms with E-state index in [1.807, 2.05) is 0 Å². The molecule has 0 saturated carbocycles. The summed E-state index contributed by atoms with van der Waals surface area (Å²) in [6.07, 6.45) is -3.65. The van der Waals surface area contributed by atoms with Crippen LogP contribution in [0.25, 0.3) is 0 Å². The van der Waals surface area contributed by atoms with E-state index in [-0.39, 0.29) is 6.42 Å². The predicted molar refractivity (Wildman–Crippen MR) is 75.4 cm³/mol. The maximum Gasteiger partial charge on any atom is 0.416 e. The number of hydrogen-bond donors (Lipinski definition) is 0. The molecule has 0 bridgehead atoms. The van der Waals surface area contributed by atoms with E-state index >= 15 is 0 Å². The molecule has 2 aromatic rings. The van der Waals surface area contributed by atoms with Crippen molar-refractivity contribution >= 4 is 17.9 Å². The second-order valence-electron chi connectivity index (χ2n) is 4.60. The zero-order valence-corrected chi connectivity index (χ0v) is 11.7. The molecule has 2 aromatic carbocycles. The smallest absolute Gasteiger partial charge is 0.303 e. The van der Waals surface area contributed by atoms with Crippen LogP contribution in [0.3, 0.4) is 0 Å². The largest absolute Gasteiger partial charge is 0.416 e. The molecule has 0 amide bonds. The van der Waals surface area contributed by atoms with Crippen LogP contribution in [-0.2, 0) is 11.0 Å². The lowest BCUT2D eigenvalue weighted by molar-refractivity contribution is -0.137. The van der Waals surface area contributed by atoms with Gasteiger partial charge in [0.1, 0.15) is 6.29 Å². The summed E-state index contributed by atoms with van der Waals surface area (Å²) in [5.41, 5.74) is 0.332. The van der Waals surface area contributed by atoms with Crippen molar-refractivity contribution in [2.45, 2.75) is 18.5 Å². The predicted octanol–water partition coefficient (Wildman–Crippen LogP) is 5.08. The molecule has 5 heteroatoms. The zero-order valence-electron chi connectivity index (χ0n) is 10.9. The van der Waals surface area contributed by atoms with E-state index in [0.29, 0.717) is 22.4 Å². The fourth-order valence-corrected chi connectivity index (χ4v) is 2.50. The van der Waals surface area contributed by atoms with Crippen LogP contribution in [0.2, 0.25) is 5.02 Å². The highest BCUT2D eigenvalue weighted by atomic mass is 35.5. The number of carbonyl (C=O) groups is 1. The van der Waals surface area contributed by atoms with E-state index in [4.69, 9.17) is 11.6 Å². The minimum Gasteiger partial charge on any atom is -0.303 e. The second kappa shape index (κ2) is 6.31. The highest BCUT2D eigenvalue weighted by Crippen LogP contribution is 2.36. The van der Waals surface area contributed by atoms with Crippen molar-refractivity contribution in [2.24, 2.45) is 0 Å². The summed E-state index contributed by atoms with van der Waals surface area (Å²) >= 11 is 6.10. The summed E-state index contributed by atoms with van der Waals surface area (Å²) in [6.45, 7) is 0. The van der Waals surface area contributed by atoms with Crippen molar-refractivity contribution in [3.8, 4) is 0 Å². The third-order valence-electron chi connectivity index (χ3n) is 3.23. The third-order valence-corrected chi connectivity index (χ3v) is 3.57. The molecule has 0 spiro atoms. The first kappa shape index (κ1) is 15.6. The van der Waals surface area contributed by atoms with Crippen molar-refractivity contribution < 1.29 is 18.0 Å². The summed E-state index contributed by atoms with van der Waals surface area (Å²) < 4.78 is 38.4. The standard InChI is InChI=1S/C16H12ClF3O/c17-15-7-2-1-6-14(15)13(8-9-21)11-4-3-5-12(10-11)16(18,19)20/h1-7,9-10,13H,8H2/t13-/m0/s1. The van der Waals surface area contributed by atoms with Crippen LogP contribution < -0.4 is 0 Å². The molecule has 0 aliphatic carbocycles. The quantitative estimate of drug-likeness (QED) is 0.720. The summed E-state index contributed by atoms with van der Waals surface area (Å²) in [7, 11) is 0. The average Bonchev–Trinajstić information content (AvgIpc) is 2.45. The Morgan fingerprint density at radius 3 is 2.43 bits per heavy atom. The number of rotatable bonds is 4. The Morgan fingerprint density at radius 1 is 1.10 bits per heavy atom. The Morgan fingerprint density at radius 2 is 1.81 bits per heavy atom. The average molecular weight is 313 g/mol. The molecule has 110 valence electrons. The molecule has 0 saturated heterocycles. The molecule has 1 nitrogen and oxygen atoms in total. The zero-order chi connectivity index (χ0) is 15.5. The van der Waals surface area contributed by atoms with Crippen molar-refractivity contribution in [3.63, 3.8) is 0 Å². The van der Waals surface area contributed by atoms with Crippen molar-refractivity contribution in [1.29, 1.82) is 0 Å². The summed E-state index contributed by atoms with van der Waals surface area (Å²) in [6, 6.07) is 11.8. The van der Waals surface area contributed by atoms with E-state index < -0.39 is 17.7 Å². The van der Waals surface area contributed by atoms with Gasteiger partial charge in [-0.05, 0) is 23.3 Å². The lowest BCUT2D eigenvalue weighted by Crippen LogP contribution is -2.08. The van der Waals surface area contributed by atoms with Gasteiger partial charge in [-0.25, -0.2) is 0 Å². The van der Waals surface area contributed by atoms with Crippen molar-refractivity contribution in [3.05, 3.63) is 70.2 Å². The topological polar surface area (TPSA) is 17.1 Å². The lowest BCUT2D eigenvalue weighted by Gasteiger charge is -2.18. The first-order valence-electron chi connectivity index (χ1n) is 6.28. The molecule has 0 unspecified atom stereocenters. The molecule has 0 N–H and O–H groups in total. The van der Waals surface area contributed by atoms with Gasteiger partial charge in [0.2, 0.25) is 0 Å². The van der Waals surface area contributed by atoms with Gasteiger partial charge >= 0.3 is 6.18 Å². The number of halogens is 4. The van der Waals surface area contributed by atoms with Crippen LogP contribution in [0.5, 0.6) is 0 Å². The molecule has 2 rings (SSSR count). The molecule has 0 heterocycles. The Hall–Kier alpha value is -1.81. The highest BCUT2D eigenvalue weighted by Gasteiger charge is 2.31. The molecule has 0 aliphatic heterocycles. The number of aldehydes is 1. The number of carbonyl (C=O) groups excluding carboxylic acids is 1. The molecule has 0 fully saturated rings. The first-order valence-corrected chi connectivity index (χ1v) is 6.66. The molecule has 1 atom stereocenters. The van der Waals surface area contributed by atoms with Gasteiger partial charge in [0, 0.05) is 17.4 Å². The SMILES string of the molecule is O=CC[C@@H](c1cccc(C(F)(F)F)c1)c1ccccc1Cl. The Labute approximate surface area is 125 Å². The van der Waals surface area contributed by atoms with Crippen LogP contribution in [0.1, 0.15) is 29.0 Å². The summed E-state index contributed by atoms with van der Waals surface area (Å²) in [5.74, 6) is -0.488. The minimum absolute atomic E-state index is 0.0744. The molecular formula is C16H12ClF3O. The first-order chi connectivity index (χ1) is 9.93. The maximum atomic E-state index is 12.8. The van der Waals surface area contributed by atoms with Crippen LogP contribution in [-0.4, -0.2) is 6.29 Å². The van der Waals surface area contributed by atoms with Gasteiger partial charge in [-0.2, -0.15) is 13.2 Å². The van der Waals surface area contributed by atoms with E-state index in [1.54, 1.807) is 30.3 Å². The second-order valence-corrected chi connectivity index (χ2v) is 5.01. The molecule has 0 aromatic heterocycles. The Balaban J connectivity index is 2.49. The van der Waals surface area contributed by atoms with E-state index in [2.05, 4.69) is 0 Å². The van der Waals surface area contributed by atoms with Crippen LogP contribution in [0.15, 0.2) is 48.5 Å². The number of benzene rings is 2. The van der Waals surface area contributed by atoms with E-state index in [1.165, 1.54) is 6.07 Å². The van der Waals surface area contributed by atoms with Crippen molar-refractivity contribution in [2.75, 3.05) is 0 Å². The highest BCUT2D eigenvalue weighted by molar-refractivity contribution is 6.31. The summed E-state index contributed by atoms with van der Waals surface area (Å²) in [5, 5.41) is 0.432. The summed E-state index contributed by atoms with van der Waals surface area (Å²) in [4.78, 5) is 10.9. The maximum absolute atomic E-state index is 12.8. The number of hydrogen-bond acceptors (Lipinski definition) is 1. The van der Waals surface area contributed by atoms with Crippen LogP contribution >= 0.6 is 11.6 Å². The monoisotopic (exact) mass is 312 g/mol. The fourth-order valence-electron chi connectivity index (χ4n) is 2.23. The van der Waals surface area contributed by atoms with E-state index in [9.17, 15) is 18.0 Å². The minimum atomic E-state index is -4.41. The molecular weight excluding hydrogens is 301 g/mol. The van der Waals surface area contributed by atoms with Crippen LogP contribution in [0.4, 0.5) is 13.2 Å². The Bertz CT molecular complexity index is 637. The van der Waals surface area contributed by atoms with Crippen molar-refractivity contribution in [1.82, 2.24) is 0 Å². The van der Waals surface area contributed by atoms with Crippen LogP contribution in [0, 0.1) is 0 Å². The fraction of sp³-hybridized carbons (Fsp3) is 0.188. The van der Waals surface area contributed by atoms with Gasteiger partial charge in [0.25, 0.3) is 0 Å². The van der Waals surface area contributed by atoms with Gasteiger partial charge in [0.05, 0.1) is 5.56 Å². The third kappa shape index (κ3) is 3.64. The normalized spacial score (nSPS) is 13.0. The van der Waals surface area contributed by atoms with Gasteiger partial charge in [0.15, 0.2) is 0 Å². The lowest BCUT2D eigenvalue weighted by atomic mass is 9.88. The van der Waals surface area contributed by atoms with E-state index in [0.717, 1.165) is 12.1 Å². The van der Waals surface area contributed by atoms with Gasteiger partial charge < -0.3 is 4.79 Å². The molecule has 0 radical (unpaired) electrons. The van der Waals surface area contributed by atoms with Gasteiger partial charge in [-0.15, -0.1) is 0 Å². The Kier molecular flexibility index (Phi) is 4.68. The van der Waals surface area contributed by atoms with Gasteiger partial charge in [-0.1, -0.05) is 48.0 Å². The molecule has 21 heavy (non-hydrogen) atoms. The van der Waals surface area contributed by atoms with Gasteiger partial charge in [-0.3, -0.25) is 0 Å².